The first-order chi connectivity index (χ1) is 8.79. The zero-order valence-electron chi connectivity index (χ0n) is 11.0. The van der Waals surface area contributed by atoms with Gasteiger partial charge in [0.05, 0.1) is 12.8 Å². The second-order valence-electron chi connectivity index (χ2n) is 4.47. The lowest BCUT2D eigenvalue weighted by molar-refractivity contribution is 0.327. The molecule has 0 saturated carbocycles. The van der Waals surface area contributed by atoms with Crippen LogP contribution in [0.15, 0.2) is 34.3 Å². The van der Waals surface area contributed by atoms with Gasteiger partial charge >= 0.3 is 0 Å². The minimum Gasteiger partial charge on any atom is -0.468 e. The fraction of sp³-hybridized carbons (Fsp3) is 0.429. The minimum absolute atomic E-state index is 0.793. The second-order valence-corrected chi connectivity index (χ2v) is 5.50. The Morgan fingerprint density at radius 3 is 3.00 bits per heavy atom. The highest BCUT2D eigenvalue weighted by molar-refractivity contribution is 7.09. The standard InChI is InChI=1S/C14H20N2OS/c1-15-10-14-12(6-8-17-14)11-16(2)7-5-13-4-3-9-18-13/h3-4,6,8-9,15H,5,7,10-11H2,1-2H3. The Morgan fingerprint density at radius 1 is 1.39 bits per heavy atom. The molecule has 2 aromatic rings. The summed E-state index contributed by atoms with van der Waals surface area (Å²) < 4.78 is 5.47. The molecule has 2 heterocycles. The van der Waals surface area contributed by atoms with Crippen LogP contribution in [0, 0.1) is 0 Å². The van der Waals surface area contributed by atoms with Crippen molar-refractivity contribution in [3.8, 4) is 0 Å². The summed E-state index contributed by atoms with van der Waals surface area (Å²) >= 11 is 1.83. The molecule has 98 valence electrons. The van der Waals surface area contributed by atoms with Gasteiger partial charge < -0.3 is 14.6 Å². The summed E-state index contributed by atoms with van der Waals surface area (Å²) in [4.78, 5) is 3.79. The highest BCUT2D eigenvalue weighted by Crippen LogP contribution is 2.14. The lowest BCUT2D eigenvalue weighted by atomic mass is 10.2. The van der Waals surface area contributed by atoms with E-state index < -0.39 is 0 Å². The van der Waals surface area contributed by atoms with Gasteiger partial charge in [-0.15, -0.1) is 11.3 Å². The highest BCUT2D eigenvalue weighted by Gasteiger charge is 2.08. The van der Waals surface area contributed by atoms with Crippen molar-refractivity contribution in [3.63, 3.8) is 0 Å². The van der Waals surface area contributed by atoms with Crippen molar-refractivity contribution in [2.45, 2.75) is 19.5 Å². The Labute approximate surface area is 112 Å². The molecule has 0 aliphatic rings. The van der Waals surface area contributed by atoms with Gasteiger partial charge in [-0.2, -0.15) is 0 Å². The summed E-state index contributed by atoms with van der Waals surface area (Å²) in [6, 6.07) is 6.37. The quantitative estimate of drug-likeness (QED) is 0.833. The minimum atomic E-state index is 0.793. The average molecular weight is 264 g/mol. The molecule has 0 spiro atoms. The molecule has 0 unspecified atom stereocenters. The number of thiophene rings is 1. The number of rotatable bonds is 7. The number of hydrogen-bond donors (Lipinski definition) is 1. The molecule has 2 rings (SSSR count). The number of likely N-dealkylation sites (N-methyl/N-ethyl adjacent to an activating group) is 1. The van der Waals surface area contributed by atoms with Gasteiger partial charge in [-0.05, 0) is 38.0 Å². The van der Waals surface area contributed by atoms with Gasteiger partial charge in [-0.25, -0.2) is 0 Å². The average Bonchev–Trinajstić information content (AvgIpc) is 2.99. The fourth-order valence-corrected chi connectivity index (χ4v) is 2.65. The maximum atomic E-state index is 5.47. The van der Waals surface area contributed by atoms with E-state index in [0.717, 1.165) is 31.8 Å². The smallest absolute Gasteiger partial charge is 0.122 e. The van der Waals surface area contributed by atoms with Crippen molar-refractivity contribution in [2.24, 2.45) is 0 Å². The molecular formula is C14H20N2OS. The van der Waals surface area contributed by atoms with Crippen LogP contribution in [0.1, 0.15) is 16.2 Å². The predicted octanol–water partition coefficient (Wildman–Crippen LogP) is 2.74. The van der Waals surface area contributed by atoms with Crippen molar-refractivity contribution >= 4 is 11.3 Å². The zero-order valence-corrected chi connectivity index (χ0v) is 11.8. The van der Waals surface area contributed by atoms with Crippen LogP contribution >= 0.6 is 11.3 Å². The van der Waals surface area contributed by atoms with E-state index in [4.69, 9.17) is 4.42 Å². The lowest BCUT2D eigenvalue weighted by Crippen LogP contribution is -2.21. The Kier molecular flexibility index (Phi) is 4.99. The Hall–Kier alpha value is -1.10. The Bertz CT molecular complexity index is 450. The Morgan fingerprint density at radius 2 is 2.28 bits per heavy atom. The first-order valence-corrected chi connectivity index (χ1v) is 7.08. The molecule has 0 saturated heterocycles. The van der Waals surface area contributed by atoms with Gasteiger partial charge in [0.1, 0.15) is 5.76 Å². The SMILES string of the molecule is CNCc1occc1CN(C)CCc1cccs1. The van der Waals surface area contributed by atoms with Gasteiger partial charge in [0.25, 0.3) is 0 Å². The molecule has 0 aliphatic carbocycles. The Balaban J connectivity index is 1.82. The number of nitrogens with one attached hydrogen (secondary N) is 1. The van der Waals surface area contributed by atoms with Gasteiger partial charge in [0.15, 0.2) is 0 Å². The molecule has 0 aromatic carbocycles. The molecule has 0 fully saturated rings. The van der Waals surface area contributed by atoms with Crippen molar-refractivity contribution < 1.29 is 4.42 Å². The van der Waals surface area contributed by atoms with Crippen LogP contribution in [-0.2, 0) is 19.5 Å². The molecule has 2 aromatic heterocycles. The van der Waals surface area contributed by atoms with E-state index >= 15 is 0 Å². The van der Waals surface area contributed by atoms with Gasteiger partial charge in [0.2, 0.25) is 0 Å². The largest absolute Gasteiger partial charge is 0.468 e. The van der Waals surface area contributed by atoms with E-state index in [1.165, 1.54) is 10.4 Å². The molecule has 0 aliphatic heterocycles. The first kappa shape index (κ1) is 13.3. The summed E-state index contributed by atoms with van der Waals surface area (Å²) in [5.74, 6) is 1.04. The summed E-state index contributed by atoms with van der Waals surface area (Å²) in [6.45, 7) is 2.81. The van der Waals surface area contributed by atoms with Gasteiger partial charge in [-0.3, -0.25) is 0 Å². The molecular weight excluding hydrogens is 244 g/mol. The summed E-state index contributed by atoms with van der Waals surface area (Å²) in [7, 11) is 4.09. The topological polar surface area (TPSA) is 28.4 Å². The molecule has 0 bridgehead atoms. The van der Waals surface area contributed by atoms with Gasteiger partial charge in [0, 0.05) is 23.5 Å². The third kappa shape index (κ3) is 3.70. The van der Waals surface area contributed by atoms with Crippen LogP contribution < -0.4 is 5.32 Å². The van der Waals surface area contributed by atoms with Crippen LogP contribution in [0.4, 0.5) is 0 Å². The van der Waals surface area contributed by atoms with Gasteiger partial charge in [-0.1, -0.05) is 6.07 Å². The maximum Gasteiger partial charge on any atom is 0.122 e. The maximum absolute atomic E-state index is 5.47. The lowest BCUT2D eigenvalue weighted by Gasteiger charge is -2.15. The van der Waals surface area contributed by atoms with Crippen LogP contribution in [0.5, 0.6) is 0 Å². The van der Waals surface area contributed by atoms with E-state index in [-0.39, 0.29) is 0 Å². The summed E-state index contributed by atoms with van der Waals surface area (Å²) in [6.07, 6.45) is 2.89. The predicted molar refractivity (Wildman–Crippen MR) is 75.8 cm³/mol. The molecule has 3 nitrogen and oxygen atoms in total. The van der Waals surface area contributed by atoms with E-state index in [9.17, 15) is 0 Å². The molecule has 0 radical (unpaired) electrons. The van der Waals surface area contributed by atoms with Crippen LogP contribution in [0.2, 0.25) is 0 Å². The van der Waals surface area contributed by atoms with E-state index in [1.54, 1.807) is 6.26 Å². The fourth-order valence-electron chi connectivity index (χ4n) is 1.95. The monoisotopic (exact) mass is 264 g/mol. The number of furan rings is 1. The summed E-state index contributed by atoms with van der Waals surface area (Å²) in [5.41, 5.74) is 1.28. The molecule has 1 N–H and O–H groups in total. The van der Waals surface area contributed by atoms with E-state index in [2.05, 4.69) is 40.8 Å². The van der Waals surface area contributed by atoms with Crippen molar-refractivity contribution in [2.75, 3.05) is 20.6 Å². The first-order valence-electron chi connectivity index (χ1n) is 6.20. The highest BCUT2D eigenvalue weighted by atomic mass is 32.1. The molecule has 4 heteroatoms. The van der Waals surface area contributed by atoms with Crippen molar-refractivity contribution in [3.05, 3.63) is 46.0 Å². The van der Waals surface area contributed by atoms with Crippen LogP contribution in [0.3, 0.4) is 0 Å². The molecule has 0 atom stereocenters. The van der Waals surface area contributed by atoms with E-state index in [1.807, 2.05) is 18.4 Å². The second kappa shape index (κ2) is 6.73. The third-order valence-corrected chi connectivity index (χ3v) is 3.87. The van der Waals surface area contributed by atoms with Crippen molar-refractivity contribution in [1.82, 2.24) is 10.2 Å². The number of nitrogens with zero attached hydrogens (tertiary/aromatic N) is 1. The van der Waals surface area contributed by atoms with Crippen LogP contribution in [-0.4, -0.2) is 25.5 Å². The third-order valence-electron chi connectivity index (χ3n) is 2.94. The molecule has 18 heavy (non-hydrogen) atoms. The normalized spacial score (nSPS) is 11.3. The van der Waals surface area contributed by atoms with Crippen molar-refractivity contribution in [1.29, 1.82) is 0 Å². The molecule has 0 amide bonds. The van der Waals surface area contributed by atoms with E-state index in [0.29, 0.717) is 0 Å². The summed E-state index contributed by atoms with van der Waals surface area (Å²) in [5, 5.41) is 5.26. The van der Waals surface area contributed by atoms with Crippen LogP contribution in [0.25, 0.3) is 0 Å². The zero-order chi connectivity index (χ0) is 12.8. The number of hydrogen-bond acceptors (Lipinski definition) is 4.